The molecule has 1 amide bonds. The number of carbonyl (C=O) groups is 1. The Bertz CT molecular complexity index is 1440. The fraction of sp³-hybridized carbons (Fsp3) is 0.452. The van der Waals surface area contributed by atoms with Crippen LogP contribution in [0.15, 0.2) is 41.2 Å². The maximum absolute atomic E-state index is 14.1. The van der Waals surface area contributed by atoms with Crippen LogP contribution in [0.1, 0.15) is 91.5 Å². The van der Waals surface area contributed by atoms with Gasteiger partial charge in [0.1, 0.15) is 5.82 Å². The summed E-state index contributed by atoms with van der Waals surface area (Å²) in [6.45, 7) is 8.19. The van der Waals surface area contributed by atoms with Gasteiger partial charge >= 0.3 is 0 Å². The maximum atomic E-state index is 14.1. The first kappa shape index (κ1) is 27.4. The third-order valence-corrected chi connectivity index (χ3v) is 8.28. The average Bonchev–Trinajstić information content (AvgIpc) is 3.20. The molecule has 2 aliphatic rings. The third kappa shape index (κ3) is 5.48. The maximum Gasteiger partial charge on any atom is 0.253 e. The Morgan fingerprint density at radius 1 is 1.10 bits per heavy atom. The van der Waals surface area contributed by atoms with E-state index in [-0.39, 0.29) is 29.6 Å². The van der Waals surface area contributed by atoms with E-state index in [1.165, 1.54) is 19.3 Å². The predicted octanol–water partition coefficient (Wildman–Crippen LogP) is 6.31. The van der Waals surface area contributed by atoms with Gasteiger partial charge in [0.2, 0.25) is 0 Å². The molecule has 206 valence electrons. The lowest BCUT2D eigenvalue weighted by atomic mass is 9.78. The second-order valence-corrected chi connectivity index (χ2v) is 11.8. The Morgan fingerprint density at radius 2 is 1.82 bits per heavy atom. The van der Waals surface area contributed by atoms with Crippen LogP contribution >= 0.6 is 11.6 Å². The van der Waals surface area contributed by atoms with Crippen molar-refractivity contribution in [2.45, 2.75) is 90.8 Å². The molecule has 2 aromatic heterocycles. The van der Waals surface area contributed by atoms with Crippen molar-refractivity contribution in [2.24, 2.45) is 0 Å². The van der Waals surface area contributed by atoms with Gasteiger partial charge in [-0.3, -0.25) is 14.6 Å². The highest BCUT2D eigenvalue weighted by Gasteiger charge is 2.46. The van der Waals surface area contributed by atoms with Crippen LogP contribution in [0, 0.1) is 13.8 Å². The molecule has 1 fully saturated rings. The number of nitrogens with zero attached hydrogens (tertiary/aromatic N) is 2. The van der Waals surface area contributed by atoms with E-state index in [4.69, 9.17) is 16.6 Å². The number of hydrogen-bond donors (Lipinski definition) is 3. The van der Waals surface area contributed by atoms with Gasteiger partial charge in [-0.15, -0.1) is 0 Å². The minimum atomic E-state index is -0.357. The number of pyridine rings is 2. The molecule has 3 heterocycles. The SMILES string of the molecule is Cc1cc(C)c(CNC(=O)c2cc(-c3cccc(Cl)c3)nc3c2C2(CCCCCCC2)NN3C(C)C)c(=O)[nH]1. The monoisotopic (exact) mass is 547 g/mol. The molecule has 1 aliphatic heterocycles. The summed E-state index contributed by atoms with van der Waals surface area (Å²) < 4.78 is 0. The highest BCUT2D eigenvalue weighted by molar-refractivity contribution is 6.30. The zero-order valence-corrected chi connectivity index (χ0v) is 24.0. The number of rotatable bonds is 5. The van der Waals surface area contributed by atoms with E-state index in [1.54, 1.807) is 0 Å². The molecule has 0 saturated heterocycles. The van der Waals surface area contributed by atoms with Crippen LogP contribution in [-0.2, 0) is 12.1 Å². The topological polar surface area (TPSA) is 90.1 Å². The van der Waals surface area contributed by atoms with Crippen LogP contribution in [0.4, 0.5) is 5.82 Å². The number of hydrazine groups is 1. The lowest BCUT2D eigenvalue weighted by Gasteiger charge is -2.35. The zero-order valence-electron chi connectivity index (χ0n) is 23.3. The molecule has 39 heavy (non-hydrogen) atoms. The molecular formula is C31H38ClN5O2. The minimum absolute atomic E-state index is 0.139. The number of H-pyrrole nitrogens is 1. The van der Waals surface area contributed by atoms with Crippen LogP contribution in [0.25, 0.3) is 11.3 Å². The molecule has 0 radical (unpaired) electrons. The van der Waals surface area contributed by atoms with Gasteiger partial charge in [-0.1, -0.05) is 55.8 Å². The smallest absolute Gasteiger partial charge is 0.253 e. The molecule has 1 aliphatic carbocycles. The van der Waals surface area contributed by atoms with Crippen molar-refractivity contribution in [3.8, 4) is 11.3 Å². The van der Waals surface area contributed by atoms with E-state index < -0.39 is 0 Å². The first-order chi connectivity index (χ1) is 18.7. The highest BCUT2D eigenvalue weighted by atomic mass is 35.5. The first-order valence-electron chi connectivity index (χ1n) is 14.0. The van der Waals surface area contributed by atoms with Crippen molar-refractivity contribution in [1.29, 1.82) is 0 Å². The fourth-order valence-electron chi connectivity index (χ4n) is 6.10. The summed E-state index contributed by atoms with van der Waals surface area (Å²) in [5.74, 6) is 0.600. The number of hydrogen-bond acceptors (Lipinski definition) is 5. The summed E-state index contributed by atoms with van der Waals surface area (Å²) in [6.07, 6.45) is 7.69. The molecule has 3 aromatic rings. The molecule has 1 aromatic carbocycles. The molecule has 3 N–H and O–H groups in total. The van der Waals surface area contributed by atoms with E-state index in [1.807, 2.05) is 50.2 Å². The minimum Gasteiger partial charge on any atom is -0.348 e. The van der Waals surface area contributed by atoms with Gasteiger partial charge < -0.3 is 10.3 Å². The Kier molecular flexibility index (Phi) is 7.83. The zero-order chi connectivity index (χ0) is 27.7. The van der Waals surface area contributed by atoms with Crippen molar-refractivity contribution >= 4 is 23.3 Å². The quantitative estimate of drug-likeness (QED) is 0.348. The van der Waals surface area contributed by atoms with Crippen LogP contribution in [-0.4, -0.2) is 21.9 Å². The van der Waals surface area contributed by atoms with Crippen LogP contribution in [0.5, 0.6) is 0 Å². The van der Waals surface area contributed by atoms with Gasteiger partial charge in [0, 0.05) is 40.0 Å². The number of aromatic amines is 1. The van der Waals surface area contributed by atoms with Gasteiger partial charge in [-0.25, -0.2) is 10.4 Å². The molecule has 0 unspecified atom stereocenters. The summed E-state index contributed by atoms with van der Waals surface area (Å²) >= 11 is 6.34. The van der Waals surface area contributed by atoms with Gasteiger partial charge in [0.25, 0.3) is 11.5 Å². The third-order valence-electron chi connectivity index (χ3n) is 8.05. The average molecular weight is 548 g/mol. The van der Waals surface area contributed by atoms with Crippen molar-refractivity contribution < 1.29 is 4.79 Å². The van der Waals surface area contributed by atoms with Crippen molar-refractivity contribution in [1.82, 2.24) is 20.7 Å². The second-order valence-electron chi connectivity index (χ2n) is 11.3. The van der Waals surface area contributed by atoms with Gasteiger partial charge in [-0.05, 0) is 70.4 Å². The fourth-order valence-corrected chi connectivity index (χ4v) is 6.29. The lowest BCUT2D eigenvalue weighted by molar-refractivity contribution is 0.0947. The molecule has 1 spiro atoms. The van der Waals surface area contributed by atoms with Crippen LogP contribution < -0.4 is 21.3 Å². The van der Waals surface area contributed by atoms with Crippen LogP contribution in [0.3, 0.4) is 0 Å². The molecule has 8 heteroatoms. The van der Waals surface area contributed by atoms with Gasteiger partial charge in [-0.2, -0.15) is 0 Å². The summed E-state index contributed by atoms with van der Waals surface area (Å²) in [5, 5.41) is 5.82. The van der Waals surface area contributed by atoms with E-state index >= 15 is 0 Å². The Labute approximate surface area is 235 Å². The van der Waals surface area contributed by atoms with Gasteiger partial charge in [0.05, 0.1) is 16.8 Å². The van der Waals surface area contributed by atoms with Crippen molar-refractivity contribution in [2.75, 3.05) is 5.01 Å². The molecule has 5 rings (SSSR count). The number of nitrogens with one attached hydrogen (secondary N) is 3. The van der Waals surface area contributed by atoms with Crippen molar-refractivity contribution in [3.05, 3.63) is 79.7 Å². The number of amides is 1. The highest BCUT2D eigenvalue weighted by Crippen LogP contribution is 2.47. The normalized spacial score (nSPS) is 16.7. The number of carbonyl (C=O) groups excluding carboxylic acids is 1. The molecule has 0 bridgehead atoms. The number of fused-ring (bicyclic) bond motifs is 2. The molecule has 7 nitrogen and oxygen atoms in total. The number of anilines is 1. The number of aromatic nitrogens is 2. The standard InChI is InChI=1S/C31H38ClN5O2/c1-19(2)37-28-27(31(36-37)13-8-6-5-7-9-14-31)24(17-26(35-28)22-11-10-12-23(32)16-22)29(38)33-18-25-20(3)15-21(4)34-30(25)39/h10-12,15-17,19,36H,5-9,13-14,18H2,1-4H3,(H,33,38)(H,34,39). The Balaban J connectivity index is 1.63. The summed E-state index contributed by atoms with van der Waals surface area (Å²) in [7, 11) is 0. The van der Waals surface area contributed by atoms with E-state index in [0.717, 1.165) is 53.9 Å². The second kappa shape index (κ2) is 11.1. The van der Waals surface area contributed by atoms with Crippen LogP contribution in [0.2, 0.25) is 5.02 Å². The summed E-state index contributed by atoms with van der Waals surface area (Å²) in [4.78, 5) is 34.7. The number of halogens is 1. The largest absolute Gasteiger partial charge is 0.348 e. The van der Waals surface area contributed by atoms with E-state index in [9.17, 15) is 9.59 Å². The molecule has 1 saturated carbocycles. The number of aryl methyl sites for hydroxylation is 2. The molecular weight excluding hydrogens is 510 g/mol. The molecule has 0 atom stereocenters. The lowest BCUT2D eigenvalue weighted by Crippen LogP contribution is -2.49. The Hall–Kier alpha value is -3.16. The van der Waals surface area contributed by atoms with Crippen molar-refractivity contribution in [3.63, 3.8) is 0 Å². The van der Waals surface area contributed by atoms with Gasteiger partial charge in [0.15, 0.2) is 0 Å². The van der Waals surface area contributed by atoms with E-state index in [2.05, 4.69) is 34.6 Å². The predicted molar refractivity (Wildman–Crippen MR) is 157 cm³/mol. The number of benzene rings is 1. The van der Waals surface area contributed by atoms with E-state index in [0.29, 0.717) is 21.8 Å². The Morgan fingerprint density at radius 3 is 2.49 bits per heavy atom. The first-order valence-corrected chi connectivity index (χ1v) is 14.4. The summed E-state index contributed by atoms with van der Waals surface area (Å²) in [6, 6.07) is 11.5. The summed E-state index contributed by atoms with van der Waals surface area (Å²) in [5.41, 5.74) is 8.66.